The standard InChI is InChI=1S/C29H28.C22H22.C8H10.C7H12.C4H8.2C2H6.C2H2.2CH4/c1-5-8-13-23(7-3)24-18-20-25(21-19-24)27-15-10-12-17-29(27)28-16-11-9-14-26(28)22(4)6-2;1-15-9-5-7-11-19(15)21-13-14-22(18(4)17(21)3)20-12-8-6-10-16(20)2;1-2-8-6-4-3-5-7-8;1-7-5-3-2-4-6-7;1-4(2)3;3*1-2;;/h5,7-21H,1,4,6H2,2-3H3;5-14H,1-4H3;3-7H,2H2,1H3;5H,2-4,6H2,1H3;1H2,2-3H3;2*1-2H3;1-2H;2*1H4/b13-8-,23-7+;;;;;;;;;. The first kappa shape index (κ1) is 72.6. The van der Waals surface area contributed by atoms with E-state index in [-0.39, 0.29) is 14.9 Å². The maximum Gasteiger partial charge on any atom is -0.00993 e. The summed E-state index contributed by atoms with van der Waals surface area (Å²) in [5.74, 6) is 0. The fourth-order valence-electron chi connectivity index (χ4n) is 8.43. The van der Waals surface area contributed by atoms with Crippen molar-refractivity contribution in [3.05, 3.63) is 264 Å². The minimum Gasteiger partial charge on any atom is -0.124 e. The Hall–Kier alpha value is -7.46. The van der Waals surface area contributed by atoms with Crippen molar-refractivity contribution in [3.63, 3.8) is 0 Å². The van der Waals surface area contributed by atoms with E-state index in [1.807, 2.05) is 53.7 Å². The molecule has 0 radical (unpaired) electrons. The molecule has 1 aliphatic carbocycles. The molecule has 0 spiro atoms. The number of hydrogen-bond donors (Lipinski definition) is 0. The number of rotatable bonds is 10. The molecule has 0 amide bonds. The van der Waals surface area contributed by atoms with Crippen LogP contribution in [-0.4, -0.2) is 0 Å². The molecule has 0 aliphatic heterocycles. The molecule has 0 N–H and O–H groups in total. The lowest BCUT2D eigenvalue weighted by Gasteiger charge is -2.16. The second-order valence-electron chi connectivity index (χ2n) is 18.3. The summed E-state index contributed by atoms with van der Waals surface area (Å²) in [5.41, 5.74) is 24.6. The third-order valence-corrected chi connectivity index (χ3v) is 12.6. The van der Waals surface area contributed by atoms with Crippen LogP contribution in [0, 0.1) is 40.5 Å². The molecule has 0 unspecified atom stereocenters. The van der Waals surface area contributed by atoms with Crippen molar-refractivity contribution in [2.75, 3.05) is 0 Å². The number of hydrogen-bond acceptors (Lipinski definition) is 0. The molecule has 0 aromatic heterocycles. The number of terminal acetylenes is 1. The molecule has 0 heteroatoms. The minimum atomic E-state index is 0. The van der Waals surface area contributed by atoms with Crippen LogP contribution in [0.5, 0.6) is 0 Å². The summed E-state index contributed by atoms with van der Waals surface area (Å²) in [6, 6.07) is 58.2. The van der Waals surface area contributed by atoms with Crippen LogP contribution in [0.25, 0.3) is 55.7 Å². The summed E-state index contributed by atoms with van der Waals surface area (Å²) in [6.45, 7) is 41.0. The van der Waals surface area contributed by atoms with Crippen molar-refractivity contribution in [3.8, 4) is 57.4 Å². The van der Waals surface area contributed by atoms with Gasteiger partial charge < -0.3 is 0 Å². The Morgan fingerprint density at radius 3 is 1.35 bits per heavy atom. The first-order valence-corrected chi connectivity index (χ1v) is 27.6. The molecule has 1 aliphatic rings. The van der Waals surface area contributed by atoms with Gasteiger partial charge in [0.15, 0.2) is 0 Å². The van der Waals surface area contributed by atoms with Gasteiger partial charge in [0.1, 0.15) is 0 Å². The average Bonchev–Trinajstić information content (AvgIpc) is 3.47. The smallest absolute Gasteiger partial charge is 0.00993 e. The molecule has 8 rings (SSSR count). The first-order chi connectivity index (χ1) is 36.8. The van der Waals surface area contributed by atoms with Crippen LogP contribution < -0.4 is 0 Å². The predicted molar refractivity (Wildman–Crippen MR) is 360 cm³/mol. The molecule has 7 aromatic carbocycles. The average molecular weight is 1040 g/mol. The van der Waals surface area contributed by atoms with Gasteiger partial charge in [0.25, 0.3) is 0 Å². The van der Waals surface area contributed by atoms with E-state index in [1.165, 1.54) is 120 Å². The Morgan fingerprint density at radius 2 is 0.962 bits per heavy atom. The fraction of sp³-hybridized carbons (Fsp3) is 0.282. The molecule has 0 saturated heterocycles. The summed E-state index contributed by atoms with van der Waals surface area (Å²) in [5, 5.41) is 0. The Labute approximate surface area is 480 Å². The van der Waals surface area contributed by atoms with Crippen molar-refractivity contribution in [1.82, 2.24) is 0 Å². The summed E-state index contributed by atoms with van der Waals surface area (Å²) in [4.78, 5) is 0. The largest absolute Gasteiger partial charge is 0.124 e. The summed E-state index contributed by atoms with van der Waals surface area (Å²) in [6.07, 6.45) is 25.9. The second-order valence-corrected chi connectivity index (χ2v) is 18.3. The van der Waals surface area contributed by atoms with E-state index in [2.05, 4.69) is 264 Å². The SMILES string of the molecule is C.C.C#C.C=C(C)C.C=C/C=C\C(=C/C)c1ccc(-c2ccccc2-c2ccccc2C(=C)CC)cc1.CC.CC.CC1=CCCCC1.CCc1ccccc1.Cc1ccccc1-c1ccc(-c2ccccc2C)c(C)c1C. The predicted octanol–water partition coefficient (Wildman–Crippen LogP) is 24.8. The van der Waals surface area contributed by atoms with Gasteiger partial charge in [-0.15, -0.1) is 19.4 Å². The van der Waals surface area contributed by atoms with E-state index in [0.717, 1.165) is 18.4 Å². The lowest BCUT2D eigenvalue weighted by Crippen LogP contribution is -1.94. The lowest BCUT2D eigenvalue weighted by atomic mass is 9.88. The monoisotopic (exact) mass is 1040 g/mol. The quantitative estimate of drug-likeness (QED) is 0.0728. The number of allylic oxidation sites excluding steroid dienone is 9. The maximum absolute atomic E-state index is 4.28. The lowest BCUT2D eigenvalue weighted by molar-refractivity contribution is 0.702. The number of aryl methyl sites for hydroxylation is 3. The van der Waals surface area contributed by atoms with Crippen LogP contribution >= 0.6 is 0 Å². The van der Waals surface area contributed by atoms with Gasteiger partial charge in [-0.25, -0.2) is 0 Å². The Balaban J connectivity index is 0. The normalized spacial score (nSPS) is 10.7. The number of benzene rings is 7. The van der Waals surface area contributed by atoms with Gasteiger partial charge in [-0.1, -0.05) is 275 Å². The molecule has 7 aromatic rings. The van der Waals surface area contributed by atoms with Gasteiger partial charge in [-0.2, -0.15) is 0 Å². The minimum absolute atomic E-state index is 0. The third kappa shape index (κ3) is 24.3. The summed E-state index contributed by atoms with van der Waals surface area (Å²) in [7, 11) is 0. The van der Waals surface area contributed by atoms with Crippen molar-refractivity contribution in [1.29, 1.82) is 0 Å². The van der Waals surface area contributed by atoms with Crippen molar-refractivity contribution < 1.29 is 0 Å². The van der Waals surface area contributed by atoms with Gasteiger partial charge in [0, 0.05) is 0 Å². The molecular weight excluding hydrogens is 937 g/mol. The van der Waals surface area contributed by atoms with Crippen LogP contribution in [0.4, 0.5) is 0 Å². The molecule has 0 nitrogen and oxygen atoms in total. The summed E-state index contributed by atoms with van der Waals surface area (Å²) < 4.78 is 0. The van der Waals surface area contributed by atoms with E-state index < -0.39 is 0 Å². The van der Waals surface area contributed by atoms with E-state index in [9.17, 15) is 0 Å². The van der Waals surface area contributed by atoms with Crippen LogP contribution in [0.2, 0.25) is 0 Å². The van der Waals surface area contributed by atoms with Gasteiger partial charge in [0.2, 0.25) is 0 Å². The molecular formula is C78H102. The van der Waals surface area contributed by atoms with Gasteiger partial charge in [-0.3, -0.25) is 0 Å². The van der Waals surface area contributed by atoms with Crippen LogP contribution in [0.15, 0.2) is 225 Å². The second kappa shape index (κ2) is 42.6. The third-order valence-electron chi connectivity index (χ3n) is 12.6. The molecule has 0 atom stereocenters. The summed E-state index contributed by atoms with van der Waals surface area (Å²) >= 11 is 0. The van der Waals surface area contributed by atoms with Gasteiger partial charge in [0.05, 0.1) is 0 Å². The molecule has 0 bridgehead atoms. The molecule has 0 fully saturated rings. The first-order valence-electron chi connectivity index (χ1n) is 27.6. The van der Waals surface area contributed by atoms with Gasteiger partial charge >= 0.3 is 0 Å². The zero-order chi connectivity index (χ0) is 56.8. The van der Waals surface area contributed by atoms with Crippen molar-refractivity contribution >= 4 is 11.1 Å². The molecule has 0 heterocycles. The highest BCUT2D eigenvalue weighted by Crippen LogP contribution is 2.38. The fourth-order valence-corrected chi connectivity index (χ4v) is 8.43. The maximum atomic E-state index is 4.28. The Kier molecular flexibility index (Phi) is 39.7. The van der Waals surface area contributed by atoms with E-state index in [0.29, 0.717) is 0 Å². The molecule has 78 heavy (non-hydrogen) atoms. The molecule has 0 saturated carbocycles. The molecule has 414 valence electrons. The Bertz CT molecular complexity index is 2810. The van der Waals surface area contributed by atoms with Crippen molar-refractivity contribution in [2.45, 2.75) is 150 Å². The van der Waals surface area contributed by atoms with E-state index in [4.69, 9.17) is 0 Å². The topological polar surface area (TPSA) is 0 Å². The van der Waals surface area contributed by atoms with Crippen LogP contribution in [-0.2, 0) is 6.42 Å². The highest BCUT2D eigenvalue weighted by Gasteiger charge is 2.14. The highest BCUT2D eigenvalue weighted by atomic mass is 14.2. The van der Waals surface area contributed by atoms with E-state index in [1.54, 1.807) is 11.6 Å². The van der Waals surface area contributed by atoms with Crippen LogP contribution in [0.1, 0.15) is 155 Å². The van der Waals surface area contributed by atoms with E-state index >= 15 is 0 Å². The van der Waals surface area contributed by atoms with Crippen molar-refractivity contribution in [2.24, 2.45) is 0 Å². The zero-order valence-electron chi connectivity index (χ0n) is 49.5. The highest BCUT2D eigenvalue weighted by molar-refractivity contribution is 5.90. The van der Waals surface area contributed by atoms with Crippen LogP contribution in [0.3, 0.4) is 0 Å². The van der Waals surface area contributed by atoms with Gasteiger partial charge in [-0.05, 0) is 189 Å². The zero-order valence-corrected chi connectivity index (χ0v) is 49.5. The Morgan fingerprint density at radius 1 is 0.526 bits per heavy atom.